The van der Waals surface area contributed by atoms with Gasteiger partial charge < -0.3 is 14.5 Å². The van der Waals surface area contributed by atoms with Crippen LogP contribution in [0.25, 0.3) is 21.9 Å². The lowest BCUT2D eigenvalue weighted by molar-refractivity contribution is -0.122. The van der Waals surface area contributed by atoms with Crippen molar-refractivity contribution in [2.75, 3.05) is 5.32 Å². The van der Waals surface area contributed by atoms with Crippen LogP contribution < -0.4 is 10.1 Å². The van der Waals surface area contributed by atoms with Gasteiger partial charge in [0.1, 0.15) is 16.3 Å². The summed E-state index contributed by atoms with van der Waals surface area (Å²) in [5.41, 5.74) is 1.90. The quantitative estimate of drug-likeness (QED) is 0.403. The Kier molecular flexibility index (Phi) is 5.26. The second kappa shape index (κ2) is 7.83. The van der Waals surface area contributed by atoms with Crippen LogP contribution in [-0.4, -0.2) is 17.0 Å². The summed E-state index contributed by atoms with van der Waals surface area (Å²) in [7, 11) is 0. The van der Waals surface area contributed by atoms with Crippen LogP contribution in [0.5, 0.6) is 5.75 Å². The van der Waals surface area contributed by atoms with E-state index in [2.05, 4.69) is 10.3 Å². The SMILES string of the molecule is C[C@@H](Oc1cccc(Cl)c1Cl)C(=O)Nc1ccc2oc(-c3cccs3)nc2c1. The number of fused-ring (bicyclic) bond motifs is 1. The Morgan fingerprint density at radius 1 is 1.21 bits per heavy atom. The van der Waals surface area contributed by atoms with Crippen molar-refractivity contribution >= 4 is 57.2 Å². The molecular formula is C20H14Cl2N2O3S. The van der Waals surface area contributed by atoms with Crippen LogP contribution in [0.4, 0.5) is 5.69 Å². The lowest BCUT2D eigenvalue weighted by atomic mass is 10.2. The van der Waals surface area contributed by atoms with Crippen molar-refractivity contribution < 1.29 is 13.9 Å². The highest BCUT2D eigenvalue weighted by Crippen LogP contribution is 2.32. The van der Waals surface area contributed by atoms with Gasteiger partial charge in [-0.25, -0.2) is 4.98 Å². The first kappa shape index (κ1) is 18.8. The molecule has 0 aliphatic rings. The van der Waals surface area contributed by atoms with E-state index in [1.54, 1.807) is 54.7 Å². The van der Waals surface area contributed by atoms with E-state index >= 15 is 0 Å². The molecule has 0 bridgehead atoms. The highest BCUT2D eigenvalue weighted by molar-refractivity contribution is 7.13. The number of carbonyl (C=O) groups is 1. The molecule has 1 N–H and O–H groups in total. The summed E-state index contributed by atoms with van der Waals surface area (Å²) < 4.78 is 11.4. The second-order valence-electron chi connectivity index (χ2n) is 5.98. The van der Waals surface area contributed by atoms with Crippen LogP contribution in [0.15, 0.2) is 58.3 Å². The number of rotatable bonds is 5. The lowest BCUT2D eigenvalue weighted by Crippen LogP contribution is -2.30. The fraction of sp³-hybridized carbons (Fsp3) is 0.100. The molecule has 5 nitrogen and oxygen atoms in total. The van der Waals surface area contributed by atoms with Crippen molar-refractivity contribution in [1.29, 1.82) is 0 Å². The predicted octanol–water partition coefficient (Wildman–Crippen LogP) is 6.27. The van der Waals surface area contributed by atoms with E-state index in [1.165, 1.54) is 0 Å². The molecule has 0 fully saturated rings. The molecule has 1 atom stereocenters. The number of hydrogen-bond acceptors (Lipinski definition) is 5. The number of carbonyl (C=O) groups excluding carboxylic acids is 1. The molecule has 2 aromatic carbocycles. The number of hydrogen-bond donors (Lipinski definition) is 1. The lowest BCUT2D eigenvalue weighted by Gasteiger charge is -2.16. The van der Waals surface area contributed by atoms with Crippen LogP contribution in [0.2, 0.25) is 10.0 Å². The van der Waals surface area contributed by atoms with Crippen molar-refractivity contribution in [1.82, 2.24) is 4.98 Å². The van der Waals surface area contributed by atoms with E-state index in [0.717, 1.165) is 4.88 Å². The first-order chi connectivity index (χ1) is 13.5. The summed E-state index contributed by atoms with van der Waals surface area (Å²) in [6, 6.07) is 14.2. The number of benzene rings is 2. The van der Waals surface area contributed by atoms with Crippen LogP contribution in [0.3, 0.4) is 0 Å². The molecular weight excluding hydrogens is 419 g/mol. The molecule has 2 aromatic heterocycles. The van der Waals surface area contributed by atoms with Crippen molar-refractivity contribution in [2.45, 2.75) is 13.0 Å². The Hall–Kier alpha value is -2.54. The maximum absolute atomic E-state index is 12.5. The van der Waals surface area contributed by atoms with Crippen molar-refractivity contribution in [3.63, 3.8) is 0 Å². The molecule has 4 rings (SSSR count). The molecule has 0 aliphatic heterocycles. The summed E-state index contributed by atoms with van der Waals surface area (Å²) in [6.07, 6.45) is -0.773. The second-order valence-corrected chi connectivity index (χ2v) is 7.71. The minimum Gasteiger partial charge on any atom is -0.479 e. The number of thiophene rings is 1. The van der Waals surface area contributed by atoms with Crippen molar-refractivity contribution in [2.24, 2.45) is 0 Å². The number of halogens is 2. The summed E-state index contributed by atoms with van der Waals surface area (Å²) in [4.78, 5) is 17.9. The number of ether oxygens (including phenoxy) is 1. The molecule has 142 valence electrons. The third-order valence-electron chi connectivity index (χ3n) is 3.98. The zero-order valence-electron chi connectivity index (χ0n) is 14.6. The minimum atomic E-state index is -0.773. The van der Waals surface area contributed by atoms with Gasteiger partial charge in [-0.3, -0.25) is 4.79 Å². The Morgan fingerprint density at radius 2 is 2.07 bits per heavy atom. The first-order valence-corrected chi connectivity index (χ1v) is 10.0. The van der Waals surface area contributed by atoms with Gasteiger partial charge in [0.15, 0.2) is 11.7 Å². The summed E-state index contributed by atoms with van der Waals surface area (Å²) >= 11 is 13.6. The Labute approximate surface area is 174 Å². The topological polar surface area (TPSA) is 64.4 Å². The van der Waals surface area contributed by atoms with Gasteiger partial charge in [-0.1, -0.05) is 35.3 Å². The maximum atomic E-state index is 12.5. The van der Waals surface area contributed by atoms with E-state index in [-0.39, 0.29) is 10.9 Å². The number of oxazole rings is 1. The normalized spacial score (nSPS) is 12.1. The van der Waals surface area contributed by atoms with Gasteiger partial charge >= 0.3 is 0 Å². The zero-order valence-corrected chi connectivity index (χ0v) is 16.9. The minimum absolute atomic E-state index is 0.272. The highest BCUT2D eigenvalue weighted by atomic mass is 35.5. The summed E-state index contributed by atoms with van der Waals surface area (Å²) in [6.45, 7) is 1.64. The average molecular weight is 433 g/mol. The van der Waals surface area contributed by atoms with E-state index in [9.17, 15) is 4.79 Å². The van der Waals surface area contributed by atoms with Gasteiger partial charge in [0, 0.05) is 5.69 Å². The Balaban J connectivity index is 1.49. The largest absolute Gasteiger partial charge is 0.479 e. The van der Waals surface area contributed by atoms with Gasteiger partial charge in [-0.15, -0.1) is 11.3 Å². The first-order valence-electron chi connectivity index (χ1n) is 8.37. The molecule has 0 radical (unpaired) electrons. The molecule has 0 saturated carbocycles. The van der Waals surface area contributed by atoms with E-state index < -0.39 is 6.10 Å². The standard InChI is InChI=1S/C20H14Cl2N2O3S/c1-11(26-16-5-2-4-13(21)18(16)22)19(25)23-12-7-8-15-14(10-12)24-20(27-15)17-6-3-9-28-17/h2-11H,1H3,(H,23,25)/t11-/m1/s1. The van der Waals surface area contributed by atoms with Crippen molar-refractivity contribution in [3.8, 4) is 16.5 Å². The van der Waals surface area contributed by atoms with Crippen LogP contribution in [0, 0.1) is 0 Å². The fourth-order valence-electron chi connectivity index (χ4n) is 2.57. The maximum Gasteiger partial charge on any atom is 0.265 e. The molecule has 0 unspecified atom stereocenters. The monoisotopic (exact) mass is 432 g/mol. The van der Waals surface area contributed by atoms with Gasteiger partial charge in [0.25, 0.3) is 5.91 Å². The fourth-order valence-corrected chi connectivity index (χ4v) is 3.56. The number of anilines is 1. The van der Waals surface area contributed by atoms with E-state index in [0.29, 0.717) is 33.4 Å². The molecule has 4 aromatic rings. The number of nitrogens with zero attached hydrogens (tertiary/aromatic N) is 1. The van der Waals surface area contributed by atoms with Crippen LogP contribution in [0.1, 0.15) is 6.92 Å². The van der Waals surface area contributed by atoms with Crippen molar-refractivity contribution in [3.05, 3.63) is 64.0 Å². The molecule has 1 amide bonds. The van der Waals surface area contributed by atoms with E-state index in [4.69, 9.17) is 32.4 Å². The van der Waals surface area contributed by atoms with Crippen LogP contribution >= 0.6 is 34.5 Å². The van der Waals surface area contributed by atoms with Gasteiger partial charge in [-0.05, 0) is 48.7 Å². The Bertz CT molecular complexity index is 1140. The average Bonchev–Trinajstić information content (AvgIpc) is 3.34. The summed E-state index contributed by atoms with van der Waals surface area (Å²) in [5, 5.41) is 5.41. The smallest absolute Gasteiger partial charge is 0.265 e. The van der Waals surface area contributed by atoms with Gasteiger partial charge in [-0.2, -0.15) is 0 Å². The number of nitrogens with one attached hydrogen (secondary N) is 1. The molecule has 8 heteroatoms. The van der Waals surface area contributed by atoms with Gasteiger partial charge in [0.05, 0.1) is 9.90 Å². The molecule has 28 heavy (non-hydrogen) atoms. The van der Waals surface area contributed by atoms with Crippen LogP contribution in [-0.2, 0) is 4.79 Å². The third kappa shape index (κ3) is 3.85. The van der Waals surface area contributed by atoms with E-state index in [1.807, 2.05) is 17.5 Å². The van der Waals surface area contributed by atoms with Gasteiger partial charge in [0.2, 0.25) is 5.89 Å². The number of aromatic nitrogens is 1. The molecule has 2 heterocycles. The highest BCUT2D eigenvalue weighted by Gasteiger charge is 2.18. The Morgan fingerprint density at radius 3 is 2.86 bits per heavy atom. The predicted molar refractivity (Wildman–Crippen MR) is 113 cm³/mol. The molecule has 0 aliphatic carbocycles. The zero-order chi connectivity index (χ0) is 19.7. The molecule has 0 spiro atoms. The number of amides is 1. The molecule has 0 saturated heterocycles. The third-order valence-corrected chi connectivity index (χ3v) is 5.64. The summed E-state index contributed by atoms with van der Waals surface area (Å²) in [5.74, 6) is 0.586.